The van der Waals surface area contributed by atoms with Crippen molar-refractivity contribution in [1.82, 2.24) is 4.31 Å². The average molecular weight is 342 g/mol. The second-order valence-corrected chi connectivity index (χ2v) is 7.21. The Morgan fingerprint density at radius 2 is 1.74 bits per heavy atom. The minimum absolute atomic E-state index is 0.110. The van der Waals surface area contributed by atoms with Crippen LogP contribution in [0.2, 0.25) is 0 Å². The molecular weight excluding hydrogens is 326 g/mol. The van der Waals surface area contributed by atoms with E-state index in [0.29, 0.717) is 18.8 Å². The van der Waals surface area contributed by atoms with E-state index in [1.165, 1.54) is 16.4 Å². The minimum Gasteiger partial charge on any atom is -0.446 e. The summed E-state index contributed by atoms with van der Waals surface area (Å²) >= 11 is 0. The Bertz CT molecular complexity index is 779. The monoisotopic (exact) mass is 342 g/mol. The normalized spacial score (nSPS) is 15.9. The molecule has 0 unspecified atom stereocenters. The van der Waals surface area contributed by atoms with Crippen molar-refractivity contribution in [3.05, 3.63) is 47.7 Å². The van der Waals surface area contributed by atoms with Crippen molar-refractivity contribution >= 4 is 15.7 Å². The van der Waals surface area contributed by atoms with Gasteiger partial charge in [-0.3, -0.25) is 0 Å². The molecule has 1 saturated heterocycles. The Labute approximate surface area is 133 Å². The van der Waals surface area contributed by atoms with Gasteiger partial charge in [0.25, 0.3) is 10.0 Å². The minimum atomic E-state index is -3.60. The van der Waals surface area contributed by atoms with E-state index in [0.717, 1.165) is 31.0 Å². The highest BCUT2D eigenvalue weighted by Gasteiger charge is 2.29. The maximum absolute atomic E-state index is 13.1. The van der Waals surface area contributed by atoms with E-state index in [-0.39, 0.29) is 17.3 Å². The molecule has 0 radical (unpaired) electrons. The van der Waals surface area contributed by atoms with E-state index in [1.807, 2.05) is 0 Å². The fourth-order valence-electron chi connectivity index (χ4n) is 2.49. The third kappa shape index (κ3) is 3.53. The number of rotatable bonds is 5. The molecule has 8 heteroatoms. The Hall–Kier alpha value is -1.93. The molecule has 1 aromatic heterocycles. The second-order valence-electron chi connectivity index (χ2n) is 5.34. The van der Waals surface area contributed by atoms with Crippen molar-refractivity contribution in [2.75, 3.05) is 18.4 Å². The Balaban J connectivity index is 1.70. The molecule has 0 bridgehead atoms. The first-order valence-corrected chi connectivity index (χ1v) is 8.68. The van der Waals surface area contributed by atoms with Crippen LogP contribution >= 0.6 is 0 Å². The molecule has 3 rings (SSSR count). The highest BCUT2D eigenvalue weighted by atomic mass is 32.2. The third-order valence-corrected chi connectivity index (χ3v) is 5.40. The summed E-state index contributed by atoms with van der Waals surface area (Å²) in [6, 6.07) is 6.00. The van der Waals surface area contributed by atoms with Crippen LogP contribution in [0.15, 0.2) is 39.8 Å². The van der Waals surface area contributed by atoms with Crippen molar-refractivity contribution < 1.29 is 21.6 Å². The molecule has 0 atom stereocenters. The quantitative estimate of drug-likeness (QED) is 0.907. The molecule has 0 aliphatic carbocycles. The molecule has 1 aliphatic heterocycles. The third-order valence-electron chi connectivity index (χ3n) is 3.63. The Kier molecular flexibility index (Phi) is 4.36. The molecule has 0 spiro atoms. The Morgan fingerprint density at radius 1 is 1.09 bits per heavy atom. The van der Waals surface area contributed by atoms with Crippen LogP contribution in [0.4, 0.5) is 14.5 Å². The lowest BCUT2D eigenvalue weighted by molar-refractivity contribution is 0.392. The van der Waals surface area contributed by atoms with Gasteiger partial charge < -0.3 is 9.73 Å². The Morgan fingerprint density at radius 3 is 2.39 bits per heavy atom. The van der Waals surface area contributed by atoms with Gasteiger partial charge in [-0.15, -0.1) is 0 Å². The zero-order chi connectivity index (χ0) is 16.4. The highest BCUT2D eigenvalue weighted by molar-refractivity contribution is 7.89. The summed E-state index contributed by atoms with van der Waals surface area (Å²) in [5, 5.41) is 2.69. The molecule has 1 aromatic carbocycles. The van der Waals surface area contributed by atoms with Crippen molar-refractivity contribution in [2.45, 2.75) is 24.5 Å². The summed E-state index contributed by atoms with van der Waals surface area (Å²) in [6.45, 7) is 1.12. The van der Waals surface area contributed by atoms with Crippen molar-refractivity contribution in [2.24, 2.45) is 0 Å². The number of hydrogen-bond acceptors (Lipinski definition) is 4. The number of hydrogen-bond donors (Lipinski definition) is 1. The predicted octanol–water partition coefficient (Wildman–Crippen LogP) is 2.95. The largest absolute Gasteiger partial charge is 0.446 e. The summed E-state index contributed by atoms with van der Waals surface area (Å²) in [7, 11) is -3.60. The number of halogens is 2. The molecule has 2 aromatic rings. The van der Waals surface area contributed by atoms with Gasteiger partial charge in [-0.25, -0.2) is 17.2 Å². The first-order valence-electron chi connectivity index (χ1n) is 7.24. The lowest BCUT2D eigenvalue weighted by atomic mass is 10.3. The van der Waals surface area contributed by atoms with Crippen LogP contribution in [0.5, 0.6) is 0 Å². The second kappa shape index (κ2) is 6.29. The van der Waals surface area contributed by atoms with Gasteiger partial charge in [0, 0.05) is 24.8 Å². The van der Waals surface area contributed by atoms with E-state index < -0.39 is 21.7 Å². The van der Waals surface area contributed by atoms with Crippen LogP contribution in [-0.2, 0) is 16.6 Å². The van der Waals surface area contributed by atoms with E-state index in [4.69, 9.17) is 4.42 Å². The van der Waals surface area contributed by atoms with Crippen molar-refractivity contribution in [1.29, 1.82) is 0 Å². The van der Waals surface area contributed by atoms with Crippen LogP contribution in [0.1, 0.15) is 18.6 Å². The first kappa shape index (κ1) is 15.9. The molecular formula is C15H16F2N2O3S. The van der Waals surface area contributed by atoms with Gasteiger partial charge in [0.1, 0.15) is 17.4 Å². The van der Waals surface area contributed by atoms with Crippen LogP contribution in [0, 0.1) is 11.6 Å². The molecule has 0 saturated carbocycles. The van der Waals surface area contributed by atoms with E-state index >= 15 is 0 Å². The summed E-state index contributed by atoms with van der Waals surface area (Å²) in [6.07, 6.45) is 1.69. The van der Waals surface area contributed by atoms with Crippen LogP contribution in [0.25, 0.3) is 0 Å². The molecule has 1 N–H and O–H groups in total. The van der Waals surface area contributed by atoms with Gasteiger partial charge in [-0.05, 0) is 37.1 Å². The van der Waals surface area contributed by atoms with E-state index in [1.54, 1.807) is 0 Å². The molecule has 5 nitrogen and oxygen atoms in total. The molecule has 124 valence electrons. The van der Waals surface area contributed by atoms with Crippen LogP contribution in [0.3, 0.4) is 0 Å². The molecule has 2 heterocycles. The van der Waals surface area contributed by atoms with Gasteiger partial charge >= 0.3 is 0 Å². The number of nitrogens with one attached hydrogen (secondary N) is 1. The fraction of sp³-hybridized carbons (Fsp3) is 0.333. The fourth-order valence-corrected chi connectivity index (χ4v) is 3.94. The van der Waals surface area contributed by atoms with Gasteiger partial charge in [0.15, 0.2) is 0 Å². The SMILES string of the molecule is O=S(=O)(c1ccc(CNc2cc(F)cc(F)c2)o1)N1CCCC1. The van der Waals surface area contributed by atoms with Gasteiger partial charge in [-0.2, -0.15) is 4.31 Å². The smallest absolute Gasteiger partial charge is 0.276 e. The standard InChI is InChI=1S/C15H16F2N2O3S/c16-11-7-12(17)9-13(8-11)18-10-14-3-4-15(22-14)23(20,21)19-5-1-2-6-19/h3-4,7-9,18H,1-2,5-6,10H2. The predicted molar refractivity (Wildman–Crippen MR) is 80.4 cm³/mol. The number of benzene rings is 1. The lowest BCUT2D eigenvalue weighted by Gasteiger charge is -2.12. The van der Waals surface area contributed by atoms with Crippen LogP contribution < -0.4 is 5.32 Å². The van der Waals surface area contributed by atoms with Gasteiger partial charge in [0.2, 0.25) is 5.09 Å². The maximum atomic E-state index is 13.1. The summed E-state index contributed by atoms with van der Waals surface area (Å²) < 4.78 is 57.6. The zero-order valence-corrected chi connectivity index (χ0v) is 13.1. The maximum Gasteiger partial charge on any atom is 0.276 e. The van der Waals surface area contributed by atoms with E-state index in [9.17, 15) is 17.2 Å². The van der Waals surface area contributed by atoms with Crippen molar-refractivity contribution in [3.8, 4) is 0 Å². The lowest BCUT2D eigenvalue weighted by Crippen LogP contribution is -2.27. The van der Waals surface area contributed by atoms with Crippen molar-refractivity contribution in [3.63, 3.8) is 0 Å². The van der Waals surface area contributed by atoms with Crippen LogP contribution in [-0.4, -0.2) is 25.8 Å². The molecule has 0 amide bonds. The zero-order valence-electron chi connectivity index (χ0n) is 12.3. The summed E-state index contributed by atoms with van der Waals surface area (Å²) in [5.41, 5.74) is 0.253. The average Bonchev–Trinajstić information content (AvgIpc) is 3.16. The molecule has 23 heavy (non-hydrogen) atoms. The number of sulfonamides is 1. The first-order chi connectivity index (χ1) is 10.9. The summed E-state index contributed by atoms with van der Waals surface area (Å²) in [5.74, 6) is -1.01. The number of furan rings is 1. The topological polar surface area (TPSA) is 62.6 Å². The molecule has 1 aliphatic rings. The highest BCUT2D eigenvalue weighted by Crippen LogP contribution is 2.23. The number of anilines is 1. The van der Waals surface area contributed by atoms with Gasteiger partial charge in [0.05, 0.1) is 6.54 Å². The summed E-state index contributed by atoms with van der Waals surface area (Å²) in [4.78, 5) is 0. The number of nitrogens with zero attached hydrogens (tertiary/aromatic N) is 1. The molecule has 1 fully saturated rings. The van der Waals surface area contributed by atoms with Gasteiger partial charge in [-0.1, -0.05) is 0 Å². The van der Waals surface area contributed by atoms with E-state index in [2.05, 4.69) is 5.32 Å².